The Morgan fingerprint density at radius 2 is 1.64 bits per heavy atom. The number of methoxy groups -OCH3 is 1. The van der Waals surface area contributed by atoms with Crippen LogP contribution in [0.4, 0.5) is 11.4 Å². The molecule has 144 valence electrons. The Kier molecular flexibility index (Phi) is 6.28. The van der Waals surface area contributed by atoms with Gasteiger partial charge < -0.3 is 19.8 Å². The van der Waals surface area contributed by atoms with E-state index in [2.05, 4.69) is 26.6 Å². The molecule has 0 bridgehead atoms. The summed E-state index contributed by atoms with van der Waals surface area (Å²) in [5.41, 5.74) is 1.08. The van der Waals surface area contributed by atoms with Gasteiger partial charge in [0.2, 0.25) is 0 Å². The Hall–Kier alpha value is -2.48. The molecule has 0 unspecified atom stereocenters. The highest BCUT2D eigenvalue weighted by Gasteiger charge is 2.17. The zero-order chi connectivity index (χ0) is 20.3. The molecule has 2 amide bonds. The molecule has 0 atom stereocenters. The highest BCUT2D eigenvalue weighted by atomic mass is 79.9. The molecule has 3 aromatic rings. The molecule has 0 radical (unpaired) electrons. The maximum absolute atomic E-state index is 12.4. The molecule has 6 nitrogen and oxygen atoms in total. The summed E-state index contributed by atoms with van der Waals surface area (Å²) in [5, 5.41) is 6.11. The van der Waals surface area contributed by atoms with Gasteiger partial charge >= 0.3 is 0 Å². The Bertz CT molecular complexity index is 1030. The van der Waals surface area contributed by atoms with Crippen LogP contribution in [-0.2, 0) is 0 Å². The predicted octanol–water partition coefficient (Wildman–Crippen LogP) is 5.86. The SMILES string of the molecule is COc1cc(NC(=O)c2ccc(Br)o2)c(Cl)cc1NC(=O)c1ccc(Cl)cc1. The van der Waals surface area contributed by atoms with Crippen molar-refractivity contribution in [1.29, 1.82) is 0 Å². The van der Waals surface area contributed by atoms with Crippen LogP contribution in [0.5, 0.6) is 5.75 Å². The minimum atomic E-state index is -0.479. The second-order valence-corrected chi connectivity index (χ2v) is 7.18. The van der Waals surface area contributed by atoms with Crippen molar-refractivity contribution in [2.75, 3.05) is 17.7 Å². The monoisotopic (exact) mass is 482 g/mol. The van der Waals surface area contributed by atoms with E-state index >= 15 is 0 Å². The third-order valence-electron chi connectivity index (χ3n) is 3.69. The van der Waals surface area contributed by atoms with Crippen LogP contribution < -0.4 is 15.4 Å². The van der Waals surface area contributed by atoms with Crippen LogP contribution in [0.1, 0.15) is 20.9 Å². The van der Waals surface area contributed by atoms with Crippen LogP contribution in [0.3, 0.4) is 0 Å². The van der Waals surface area contributed by atoms with Crippen LogP contribution in [0.25, 0.3) is 0 Å². The third-order valence-corrected chi connectivity index (χ3v) is 4.68. The lowest BCUT2D eigenvalue weighted by atomic mass is 10.2. The molecule has 0 aliphatic heterocycles. The molecule has 1 aromatic heterocycles. The molecule has 0 saturated heterocycles. The Morgan fingerprint density at radius 1 is 0.964 bits per heavy atom. The number of carbonyl (C=O) groups is 2. The molecule has 2 aromatic carbocycles. The van der Waals surface area contributed by atoms with Gasteiger partial charge in [-0.3, -0.25) is 9.59 Å². The summed E-state index contributed by atoms with van der Waals surface area (Å²) in [7, 11) is 1.44. The van der Waals surface area contributed by atoms with E-state index in [1.165, 1.54) is 25.3 Å². The average molecular weight is 484 g/mol. The third kappa shape index (κ3) is 4.67. The number of amides is 2. The zero-order valence-corrected chi connectivity index (χ0v) is 17.5. The van der Waals surface area contributed by atoms with Crippen LogP contribution >= 0.6 is 39.1 Å². The first kappa shape index (κ1) is 20.3. The van der Waals surface area contributed by atoms with Gasteiger partial charge in [-0.1, -0.05) is 23.2 Å². The quantitative estimate of drug-likeness (QED) is 0.476. The van der Waals surface area contributed by atoms with Gasteiger partial charge in [0.1, 0.15) is 5.75 Å². The summed E-state index contributed by atoms with van der Waals surface area (Å²) in [6.07, 6.45) is 0. The molecule has 28 heavy (non-hydrogen) atoms. The van der Waals surface area contributed by atoms with Gasteiger partial charge in [-0.2, -0.15) is 0 Å². The van der Waals surface area contributed by atoms with E-state index in [9.17, 15) is 9.59 Å². The molecule has 0 aliphatic rings. The number of hydrogen-bond acceptors (Lipinski definition) is 4. The van der Waals surface area contributed by atoms with E-state index in [4.69, 9.17) is 32.4 Å². The summed E-state index contributed by atoms with van der Waals surface area (Å²) in [4.78, 5) is 24.7. The molecule has 2 N–H and O–H groups in total. The zero-order valence-electron chi connectivity index (χ0n) is 14.4. The van der Waals surface area contributed by atoms with Crippen LogP contribution in [0, 0.1) is 0 Å². The van der Waals surface area contributed by atoms with Gasteiger partial charge in [-0.25, -0.2) is 0 Å². The van der Waals surface area contributed by atoms with Crippen LogP contribution in [0.2, 0.25) is 10.0 Å². The number of nitrogens with one attached hydrogen (secondary N) is 2. The van der Waals surface area contributed by atoms with Crippen molar-refractivity contribution in [2.24, 2.45) is 0 Å². The molecule has 0 aliphatic carbocycles. The molecule has 0 saturated carbocycles. The lowest BCUT2D eigenvalue weighted by molar-refractivity contribution is 0.0993. The number of ether oxygens (including phenoxy) is 1. The number of halogens is 3. The van der Waals surface area contributed by atoms with E-state index in [0.717, 1.165) is 0 Å². The molecule has 0 fully saturated rings. The highest BCUT2D eigenvalue weighted by Crippen LogP contribution is 2.35. The predicted molar refractivity (Wildman–Crippen MR) is 112 cm³/mol. The maximum Gasteiger partial charge on any atom is 0.291 e. The molecular weight excluding hydrogens is 471 g/mol. The van der Waals surface area contributed by atoms with Crippen molar-refractivity contribution in [3.05, 3.63) is 74.6 Å². The Balaban J connectivity index is 1.82. The van der Waals surface area contributed by atoms with Gasteiger partial charge in [0, 0.05) is 16.7 Å². The van der Waals surface area contributed by atoms with Crippen molar-refractivity contribution < 1.29 is 18.7 Å². The normalized spacial score (nSPS) is 10.4. The first-order valence-electron chi connectivity index (χ1n) is 7.88. The van der Waals surface area contributed by atoms with Crippen LogP contribution in [0.15, 0.2) is 57.6 Å². The highest BCUT2D eigenvalue weighted by molar-refractivity contribution is 9.10. The number of carbonyl (C=O) groups excluding carboxylic acids is 2. The van der Waals surface area contributed by atoms with Gasteiger partial charge in [0.25, 0.3) is 11.8 Å². The van der Waals surface area contributed by atoms with E-state index < -0.39 is 5.91 Å². The first-order valence-corrected chi connectivity index (χ1v) is 9.43. The summed E-state index contributed by atoms with van der Waals surface area (Å²) < 4.78 is 11.0. The van der Waals surface area contributed by atoms with E-state index in [1.54, 1.807) is 30.3 Å². The number of anilines is 2. The smallest absolute Gasteiger partial charge is 0.291 e. The summed E-state index contributed by atoms with van der Waals surface area (Å²) in [5.74, 6) is -0.402. The number of hydrogen-bond donors (Lipinski definition) is 2. The van der Waals surface area contributed by atoms with Crippen molar-refractivity contribution in [3.8, 4) is 5.75 Å². The summed E-state index contributed by atoms with van der Waals surface area (Å²) in [6.45, 7) is 0. The second-order valence-electron chi connectivity index (χ2n) is 5.55. The molecule has 1 heterocycles. The second kappa shape index (κ2) is 8.68. The molecule has 0 spiro atoms. The van der Waals surface area contributed by atoms with E-state index in [-0.39, 0.29) is 16.7 Å². The van der Waals surface area contributed by atoms with E-state index in [1.807, 2.05) is 0 Å². The molecule has 9 heteroatoms. The minimum absolute atomic E-state index is 0.113. The van der Waals surface area contributed by atoms with Crippen molar-refractivity contribution in [3.63, 3.8) is 0 Å². The lowest BCUT2D eigenvalue weighted by Crippen LogP contribution is -2.14. The van der Waals surface area contributed by atoms with Crippen molar-refractivity contribution >= 4 is 62.3 Å². The van der Waals surface area contributed by atoms with Gasteiger partial charge in [0.15, 0.2) is 10.4 Å². The fourth-order valence-corrected chi connectivity index (χ4v) is 2.98. The van der Waals surface area contributed by atoms with Crippen molar-refractivity contribution in [2.45, 2.75) is 0 Å². The Morgan fingerprint density at radius 3 is 2.25 bits per heavy atom. The van der Waals surface area contributed by atoms with Crippen molar-refractivity contribution in [1.82, 2.24) is 0 Å². The maximum atomic E-state index is 12.4. The standard InChI is InChI=1S/C19H13BrCl2N2O4/c1-27-16-9-13(23-19(26)15-6-7-17(20)28-15)12(22)8-14(16)24-18(25)10-2-4-11(21)5-3-10/h2-9H,1H3,(H,23,26)(H,24,25). The topological polar surface area (TPSA) is 80.6 Å². The summed E-state index contributed by atoms with van der Waals surface area (Å²) in [6, 6.07) is 12.6. The fourth-order valence-electron chi connectivity index (χ4n) is 2.33. The fraction of sp³-hybridized carbons (Fsp3) is 0.0526. The number of rotatable bonds is 5. The van der Waals surface area contributed by atoms with Gasteiger partial charge in [0.05, 0.1) is 23.5 Å². The molecule has 3 rings (SSSR count). The average Bonchev–Trinajstić information content (AvgIpc) is 3.10. The molecular formula is C19H13BrCl2N2O4. The summed E-state index contributed by atoms with van der Waals surface area (Å²) >= 11 is 15.2. The first-order chi connectivity index (χ1) is 13.4. The largest absolute Gasteiger partial charge is 0.494 e. The number of benzene rings is 2. The van der Waals surface area contributed by atoms with Gasteiger partial charge in [-0.15, -0.1) is 0 Å². The minimum Gasteiger partial charge on any atom is -0.494 e. The van der Waals surface area contributed by atoms with Gasteiger partial charge in [-0.05, 0) is 58.4 Å². The lowest BCUT2D eigenvalue weighted by Gasteiger charge is -2.14. The van der Waals surface area contributed by atoms with Crippen LogP contribution in [-0.4, -0.2) is 18.9 Å². The number of furan rings is 1. The van der Waals surface area contributed by atoms with E-state index in [0.29, 0.717) is 32.4 Å². The Labute approximate surface area is 178 Å².